The third-order valence-electron chi connectivity index (χ3n) is 7.50. The van der Waals surface area contributed by atoms with E-state index in [1.165, 1.54) is 66.0 Å². The molecule has 3 aromatic rings. The van der Waals surface area contributed by atoms with Crippen LogP contribution >= 0.6 is 0 Å². The minimum Gasteiger partial charge on any atom is -0.356 e. The van der Waals surface area contributed by atoms with Gasteiger partial charge in [0.05, 0.1) is 11.4 Å². The zero-order valence-corrected chi connectivity index (χ0v) is 19.8. The molecule has 0 bridgehead atoms. The number of benzene rings is 2. The summed E-state index contributed by atoms with van der Waals surface area (Å²) in [6, 6.07) is 17.9. The highest BCUT2D eigenvalue weighted by atomic mass is 15.2. The molecule has 1 atom stereocenters. The second-order valence-electron chi connectivity index (χ2n) is 9.87. The van der Waals surface area contributed by atoms with Crippen LogP contribution in [-0.4, -0.2) is 30.8 Å². The van der Waals surface area contributed by atoms with Crippen LogP contribution in [0.4, 0.5) is 5.82 Å². The van der Waals surface area contributed by atoms with Gasteiger partial charge in [0.2, 0.25) is 0 Å². The molecule has 0 unspecified atom stereocenters. The fraction of sp³-hybridized carbons (Fsp3) is 0.448. The SMILES string of the molecule is CN=C(c1cc2ccccc2c(N2CC[C@H](C)C2)n1)c1cc(C2CCCCC2)ccc1C. The average molecular weight is 426 g/mol. The number of fused-ring (bicyclic) bond motifs is 1. The van der Waals surface area contributed by atoms with Gasteiger partial charge in [-0.2, -0.15) is 0 Å². The van der Waals surface area contributed by atoms with E-state index in [2.05, 4.69) is 67.3 Å². The molecule has 166 valence electrons. The minimum absolute atomic E-state index is 0.687. The molecule has 3 nitrogen and oxygen atoms in total. The third-order valence-corrected chi connectivity index (χ3v) is 7.50. The Morgan fingerprint density at radius 1 is 1.00 bits per heavy atom. The normalized spacial score (nSPS) is 20.3. The van der Waals surface area contributed by atoms with Crippen molar-refractivity contribution in [2.45, 2.75) is 58.3 Å². The van der Waals surface area contributed by atoms with Crippen molar-refractivity contribution in [3.8, 4) is 0 Å². The first-order chi connectivity index (χ1) is 15.6. The standard InChI is InChI=1S/C29H35N3/c1-20-15-16-32(19-20)29-25-12-8-7-11-24(25)18-27(31-29)28(30-3)26-17-23(14-13-21(26)2)22-9-5-4-6-10-22/h7-8,11-14,17-18,20,22H,4-6,9-10,15-16,19H2,1-3H3/t20-/m0/s1. The second-order valence-corrected chi connectivity index (χ2v) is 9.87. The van der Waals surface area contributed by atoms with Crippen LogP contribution in [0, 0.1) is 12.8 Å². The lowest BCUT2D eigenvalue weighted by Gasteiger charge is -2.24. The highest BCUT2D eigenvalue weighted by Crippen LogP contribution is 2.35. The molecule has 0 radical (unpaired) electrons. The molecule has 1 aliphatic carbocycles. The molecule has 3 heteroatoms. The zero-order chi connectivity index (χ0) is 22.1. The van der Waals surface area contributed by atoms with Gasteiger partial charge in [-0.1, -0.05) is 62.6 Å². The summed E-state index contributed by atoms with van der Waals surface area (Å²) in [6.07, 6.45) is 7.95. The number of aromatic nitrogens is 1. The smallest absolute Gasteiger partial charge is 0.137 e. The molecule has 1 aromatic heterocycles. The third kappa shape index (κ3) is 4.05. The Kier molecular flexibility index (Phi) is 5.99. The summed E-state index contributed by atoms with van der Waals surface area (Å²) in [4.78, 5) is 12.5. The lowest BCUT2D eigenvalue weighted by molar-refractivity contribution is 0.443. The van der Waals surface area contributed by atoms with Crippen LogP contribution in [0.5, 0.6) is 0 Å². The first-order valence-electron chi connectivity index (χ1n) is 12.4. The number of rotatable bonds is 4. The van der Waals surface area contributed by atoms with E-state index in [9.17, 15) is 0 Å². The molecule has 2 aromatic carbocycles. The Morgan fingerprint density at radius 2 is 1.81 bits per heavy atom. The van der Waals surface area contributed by atoms with Crippen molar-refractivity contribution in [2.24, 2.45) is 10.9 Å². The number of aryl methyl sites for hydroxylation is 1. The molecule has 0 amide bonds. The van der Waals surface area contributed by atoms with Crippen molar-refractivity contribution in [3.05, 3.63) is 70.9 Å². The van der Waals surface area contributed by atoms with Crippen LogP contribution < -0.4 is 4.90 Å². The Balaban J connectivity index is 1.60. The number of hydrogen-bond acceptors (Lipinski definition) is 3. The molecule has 0 N–H and O–H groups in total. The number of aliphatic imine (C=N–C) groups is 1. The second kappa shape index (κ2) is 9.05. The summed E-state index contributed by atoms with van der Waals surface area (Å²) in [7, 11) is 1.91. The zero-order valence-electron chi connectivity index (χ0n) is 19.8. The van der Waals surface area contributed by atoms with E-state index in [0.717, 1.165) is 30.3 Å². The summed E-state index contributed by atoms with van der Waals surface area (Å²) >= 11 is 0. The van der Waals surface area contributed by atoms with Crippen LogP contribution in [0.25, 0.3) is 10.8 Å². The number of nitrogens with zero attached hydrogens (tertiary/aromatic N) is 3. The van der Waals surface area contributed by atoms with Crippen molar-refractivity contribution in [1.29, 1.82) is 0 Å². The Morgan fingerprint density at radius 3 is 2.56 bits per heavy atom. The molecule has 2 fully saturated rings. The van der Waals surface area contributed by atoms with E-state index in [4.69, 9.17) is 9.98 Å². The monoisotopic (exact) mass is 425 g/mol. The van der Waals surface area contributed by atoms with Gasteiger partial charge in [-0.25, -0.2) is 4.98 Å². The van der Waals surface area contributed by atoms with Gasteiger partial charge >= 0.3 is 0 Å². The van der Waals surface area contributed by atoms with Gasteiger partial charge in [-0.3, -0.25) is 4.99 Å². The summed E-state index contributed by atoms with van der Waals surface area (Å²) in [5, 5.41) is 2.49. The first-order valence-corrected chi connectivity index (χ1v) is 12.4. The van der Waals surface area contributed by atoms with Crippen molar-refractivity contribution in [1.82, 2.24) is 4.98 Å². The largest absolute Gasteiger partial charge is 0.356 e. The highest BCUT2D eigenvalue weighted by Gasteiger charge is 2.24. The lowest BCUT2D eigenvalue weighted by Crippen LogP contribution is -2.22. The van der Waals surface area contributed by atoms with Gasteiger partial charge in [0.1, 0.15) is 5.82 Å². The van der Waals surface area contributed by atoms with Crippen LogP contribution in [0.3, 0.4) is 0 Å². The van der Waals surface area contributed by atoms with Gasteiger partial charge in [-0.05, 0) is 66.7 Å². The van der Waals surface area contributed by atoms with Gasteiger partial charge in [0.25, 0.3) is 0 Å². The molecule has 1 aliphatic heterocycles. The summed E-state index contributed by atoms with van der Waals surface area (Å²) < 4.78 is 0. The molecule has 1 saturated carbocycles. The maximum Gasteiger partial charge on any atom is 0.137 e. The van der Waals surface area contributed by atoms with E-state index >= 15 is 0 Å². The maximum absolute atomic E-state index is 5.24. The summed E-state index contributed by atoms with van der Waals surface area (Å²) in [5.41, 5.74) is 5.99. The topological polar surface area (TPSA) is 28.5 Å². The lowest BCUT2D eigenvalue weighted by atomic mass is 9.82. The molecule has 0 spiro atoms. The van der Waals surface area contributed by atoms with Crippen LogP contribution in [0.1, 0.15) is 73.8 Å². The molecular formula is C29H35N3. The average Bonchev–Trinajstić information content (AvgIpc) is 3.27. The van der Waals surface area contributed by atoms with Crippen molar-refractivity contribution in [3.63, 3.8) is 0 Å². The van der Waals surface area contributed by atoms with Gasteiger partial charge in [0.15, 0.2) is 0 Å². The predicted molar refractivity (Wildman–Crippen MR) is 136 cm³/mol. The molecule has 2 heterocycles. The first kappa shape index (κ1) is 21.2. The van der Waals surface area contributed by atoms with Crippen molar-refractivity contribution in [2.75, 3.05) is 25.0 Å². The van der Waals surface area contributed by atoms with E-state index in [1.807, 2.05) is 7.05 Å². The van der Waals surface area contributed by atoms with E-state index in [1.54, 1.807) is 0 Å². The summed E-state index contributed by atoms with van der Waals surface area (Å²) in [6.45, 7) is 6.70. The van der Waals surface area contributed by atoms with Crippen LogP contribution in [-0.2, 0) is 0 Å². The van der Waals surface area contributed by atoms with Gasteiger partial charge in [0, 0.05) is 31.1 Å². The molecule has 5 rings (SSSR count). The fourth-order valence-electron chi connectivity index (χ4n) is 5.63. The van der Waals surface area contributed by atoms with Crippen molar-refractivity contribution < 1.29 is 0 Å². The van der Waals surface area contributed by atoms with Gasteiger partial charge < -0.3 is 4.90 Å². The van der Waals surface area contributed by atoms with Crippen molar-refractivity contribution >= 4 is 22.3 Å². The van der Waals surface area contributed by atoms with Crippen LogP contribution in [0.2, 0.25) is 0 Å². The van der Waals surface area contributed by atoms with E-state index in [-0.39, 0.29) is 0 Å². The number of pyridine rings is 1. The quantitative estimate of drug-likeness (QED) is 0.425. The van der Waals surface area contributed by atoms with Gasteiger partial charge in [-0.15, -0.1) is 0 Å². The fourth-order valence-corrected chi connectivity index (χ4v) is 5.63. The molecular weight excluding hydrogens is 390 g/mol. The van der Waals surface area contributed by atoms with E-state index < -0.39 is 0 Å². The summed E-state index contributed by atoms with van der Waals surface area (Å²) in [5.74, 6) is 2.52. The molecule has 2 aliphatic rings. The number of hydrogen-bond donors (Lipinski definition) is 0. The highest BCUT2D eigenvalue weighted by molar-refractivity contribution is 6.14. The molecule has 1 saturated heterocycles. The number of anilines is 1. The maximum atomic E-state index is 5.24. The van der Waals surface area contributed by atoms with E-state index in [0.29, 0.717) is 11.8 Å². The Bertz CT molecular complexity index is 1140. The van der Waals surface area contributed by atoms with Crippen LogP contribution in [0.15, 0.2) is 53.5 Å². The Hall–Kier alpha value is -2.68. The predicted octanol–water partition coefficient (Wildman–Crippen LogP) is 6.90. The Labute approximate surface area is 192 Å². The minimum atomic E-state index is 0.687. The molecule has 32 heavy (non-hydrogen) atoms.